The van der Waals surface area contributed by atoms with Crippen LogP contribution >= 0.6 is 0 Å². The van der Waals surface area contributed by atoms with Crippen LogP contribution in [0.15, 0.2) is 48.7 Å². The average molecular weight is 344 g/mol. The fourth-order valence-electron chi connectivity index (χ4n) is 2.44. The molecule has 0 fully saturated rings. The van der Waals surface area contributed by atoms with E-state index in [4.69, 9.17) is 0 Å². The molecule has 128 valence electrons. The van der Waals surface area contributed by atoms with Gasteiger partial charge in [0.05, 0.1) is 6.10 Å². The molecule has 0 spiro atoms. The molecule has 0 radical (unpaired) electrons. The predicted molar refractivity (Wildman–Crippen MR) is 86.4 cm³/mol. The smallest absolute Gasteiger partial charge is 0.387 e. The summed E-state index contributed by atoms with van der Waals surface area (Å²) in [6.07, 6.45) is 0.728. The lowest BCUT2D eigenvalue weighted by molar-refractivity contribution is -0.0499. The Morgan fingerprint density at radius 1 is 1.28 bits per heavy atom. The third kappa shape index (κ3) is 3.67. The summed E-state index contributed by atoms with van der Waals surface area (Å²) < 4.78 is 30.5. The van der Waals surface area contributed by atoms with Crippen LogP contribution in [0.3, 0.4) is 0 Å². The Kier molecular flexibility index (Phi) is 4.77. The molecule has 1 atom stereocenters. The number of nitrogens with one attached hydrogen (secondary N) is 1. The van der Waals surface area contributed by atoms with Crippen molar-refractivity contribution < 1.29 is 18.6 Å². The second-order valence-electron chi connectivity index (χ2n) is 5.20. The number of hydrogen-bond acceptors (Lipinski definition) is 5. The number of aliphatic hydroxyl groups excluding tert-OH is 1. The van der Waals surface area contributed by atoms with Gasteiger partial charge in [0.15, 0.2) is 11.5 Å². The molecule has 0 bridgehead atoms. The van der Waals surface area contributed by atoms with Gasteiger partial charge in [-0.25, -0.2) is 4.98 Å². The Morgan fingerprint density at radius 3 is 2.88 bits per heavy atom. The van der Waals surface area contributed by atoms with Gasteiger partial charge in [-0.05, 0) is 29.8 Å². The molecule has 2 heterocycles. The molecule has 0 saturated heterocycles. The summed E-state index contributed by atoms with van der Waals surface area (Å²) in [5.74, 6) is 0.310. The van der Waals surface area contributed by atoms with Gasteiger partial charge < -0.3 is 15.2 Å². The fourth-order valence-corrected chi connectivity index (χ4v) is 2.44. The summed E-state index contributed by atoms with van der Waals surface area (Å²) in [4.78, 5) is 4.30. The summed E-state index contributed by atoms with van der Waals surface area (Å²) in [5.41, 5.74) is 1.33. The maximum Gasteiger partial charge on any atom is 0.387 e. The Bertz CT molecular complexity index is 920. The van der Waals surface area contributed by atoms with Crippen LogP contribution in [0, 0.1) is 11.3 Å². The van der Waals surface area contributed by atoms with E-state index in [-0.39, 0.29) is 12.3 Å². The molecular formula is C17H14F2N4O2. The van der Waals surface area contributed by atoms with Crippen molar-refractivity contribution in [3.05, 3.63) is 59.9 Å². The zero-order valence-electron chi connectivity index (χ0n) is 12.9. The second kappa shape index (κ2) is 7.15. The van der Waals surface area contributed by atoms with Crippen LogP contribution < -0.4 is 10.1 Å². The Morgan fingerprint density at radius 2 is 2.12 bits per heavy atom. The zero-order chi connectivity index (χ0) is 17.8. The zero-order valence-corrected chi connectivity index (χ0v) is 12.9. The first-order chi connectivity index (χ1) is 12.1. The van der Waals surface area contributed by atoms with E-state index >= 15 is 0 Å². The molecule has 2 N–H and O–H groups in total. The summed E-state index contributed by atoms with van der Waals surface area (Å²) >= 11 is 0. The van der Waals surface area contributed by atoms with Gasteiger partial charge in [-0.3, -0.25) is 4.40 Å². The number of fused-ring (bicyclic) bond motifs is 1. The largest absolute Gasteiger partial charge is 0.435 e. The van der Waals surface area contributed by atoms with E-state index in [0.29, 0.717) is 22.7 Å². The van der Waals surface area contributed by atoms with E-state index in [1.54, 1.807) is 34.9 Å². The molecule has 0 amide bonds. The van der Waals surface area contributed by atoms with Crippen molar-refractivity contribution in [2.24, 2.45) is 0 Å². The Labute approximate surface area is 141 Å². The third-order valence-electron chi connectivity index (χ3n) is 3.57. The van der Waals surface area contributed by atoms with Gasteiger partial charge in [0.1, 0.15) is 17.5 Å². The van der Waals surface area contributed by atoms with Crippen molar-refractivity contribution in [3.8, 4) is 11.8 Å². The minimum Gasteiger partial charge on any atom is -0.435 e. The lowest BCUT2D eigenvalue weighted by Gasteiger charge is -2.13. The van der Waals surface area contributed by atoms with Crippen molar-refractivity contribution in [2.75, 3.05) is 11.9 Å². The van der Waals surface area contributed by atoms with Crippen molar-refractivity contribution in [3.63, 3.8) is 0 Å². The first-order valence-electron chi connectivity index (χ1n) is 7.42. The van der Waals surface area contributed by atoms with E-state index in [2.05, 4.69) is 21.1 Å². The van der Waals surface area contributed by atoms with Crippen molar-refractivity contribution in [1.29, 1.82) is 5.26 Å². The lowest BCUT2D eigenvalue weighted by Crippen LogP contribution is -2.13. The minimum absolute atomic E-state index is 0.0306. The van der Waals surface area contributed by atoms with E-state index in [1.165, 1.54) is 18.2 Å². The number of aliphatic hydroxyl groups is 1. The topological polar surface area (TPSA) is 82.6 Å². The number of rotatable bonds is 6. The molecule has 25 heavy (non-hydrogen) atoms. The molecule has 0 unspecified atom stereocenters. The van der Waals surface area contributed by atoms with Gasteiger partial charge in [-0.1, -0.05) is 18.2 Å². The highest BCUT2D eigenvalue weighted by molar-refractivity contribution is 5.59. The average Bonchev–Trinajstić information content (AvgIpc) is 2.96. The van der Waals surface area contributed by atoms with Crippen LogP contribution in [0.25, 0.3) is 5.65 Å². The molecule has 0 aliphatic heterocycles. The highest BCUT2D eigenvalue weighted by Gasteiger charge is 2.14. The quantitative estimate of drug-likeness (QED) is 0.718. The van der Waals surface area contributed by atoms with Gasteiger partial charge in [0, 0.05) is 12.7 Å². The van der Waals surface area contributed by atoms with Gasteiger partial charge in [-0.2, -0.15) is 14.0 Å². The van der Waals surface area contributed by atoms with Crippen molar-refractivity contribution in [1.82, 2.24) is 9.38 Å². The van der Waals surface area contributed by atoms with Crippen LogP contribution in [-0.4, -0.2) is 27.6 Å². The van der Waals surface area contributed by atoms with Crippen molar-refractivity contribution >= 4 is 11.5 Å². The number of imidazole rings is 1. The van der Waals surface area contributed by atoms with Gasteiger partial charge in [0.2, 0.25) is 0 Å². The van der Waals surface area contributed by atoms with Crippen LogP contribution in [0.1, 0.15) is 17.4 Å². The number of nitrogens with zero attached hydrogens (tertiary/aromatic N) is 3. The van der Waals surface area contributed by atoms with Gasteiger partial charge in [-0.15, -0.1) is 0 Å². The molecule has 3 aromatic rings. The molecule has 0 saturated carbocycles. The third-order valence-corrected chi connectivity index (χ3v) is 3.57. The molecule has 6 nitrogen and oxygen atoms in total. The molecular weight excluding hydrogens is 330 g/mol. The molecule has 8 heteroatoms. The van der Waals surface area contributed by atoms with Crippen LogP contribution in [0.5, 0.6) is 5.75 Å². The SMILES string of the molecule is N#Cc1c(NC[C@H](O)c2cccc(OC(F)F)c2)nc2ccccn12. The molecule has 3 rings (SSSR count). The number of pyridine rings is 1. The number of halogens is 2. The van der Waals surface area contributed by atoms with E-state index < -0.39 is 12.7 Å². The summed E-state index contributed by atoms with van der Waals surface area (Å²) in [6.45, 7) is -2.88. The highest BCUT2D eigenvalue weighted by Crippen LogP contribution is 2.22. The maximum atomic E-state index is 12.3. The molecule has 0 aliphatic rings. The Balaban J connectivity index is 1.75. The standard InChI is InChI=1S/C17H14F2N4O2/c18-17(19)25-12-5-3-4-11(8-12)14(24)10-21-16-13(9-20)23-7-2-1-6-15(23)22-16/h1-8,14,17,21,24H,10H2/t14-/m0/s1. The van der Waals surface area contributed by atoms with Crippen LogP contribution in [0.4, 0.5) is 14.6 Å². The van der Waals surface area contributed by atoms with Crippen LogP contribution in [0.2, 0.25) is 0 Å². The van der Waals surface area contributed by atoms with E-state index in [0.717, 1.165) is 0 Å². The molecule has 2 aromatic heterocycles. The molecule has 1 aromatic carbocycles. The number of anilines is 1. The number of aromatic nitrogens is 2. The predicted octanol–water partition coefficient (Wildman–Crippen LogP) is 2.95. The fraction of sp³-hybridized carbons (Fsp3) is 0.176. The Hall–Kier alpha value is -3.18. The summed E-state index contributed by atoms with van der Waals surface area (Å²) in [6, 6.07) is 13.2. The second-order valence-corrected chi connectivity index (χ2v) is 5.20. The first kappa shape index (κ1) is 16.7. The van der Waals surface area contributed by atoms with E-state index in [1.807, 2.05) is 0 Å². The number of hydrogen-bond donors (Lipinski definition) is 2. The summed E-state index contributed by atoms with van der Waals surface area (Å²) in [5, 5.41) is 22.5. The number of ether oxygens (including phenoxy) is 1. The number of alkyl halides is 2. The normalized spacial score (nSPS) is 12.1. The monoisotopic (exact) mass is 344 g/mol. The lowest BCUT2D eigenvalue weighted by atomic mass is 10.1. The first-order valence-corrected chi connectivity index (χ1v) is 7.42. The van der Waals surface area contributed by atoms with Gasteiger partial charge in [0.25, 0.3) is 0 Å². The van der Waals surface area contributed by atoms with Crippen molar-refractivity contribution in [2.45, 2.75) is 12.7 Å². The molecule has 0 aliphatic carbocycles. The number of nitriles is 1. The minimum atomic E-state index is -2.93. The van der Waals surface area contributed by atoms with Gasteiger partial charge >= 0.3 is 6.61 Å². The van der Waals surface area contributed by atoms with E-state index in [9.17, 15) is 19.1 Å². The summed E-state index contributed by atoms with van der Waals surface area (Å²) in [7, 11) is 0. The number of benzene rings is 1. The van der Waals surface area contributed by atoms with Crippen LogP contribution in [-0.2, 0) is 0 Å². The highest BCUT2D eigenvalue weighted by atomic mass is 19.3. The maximum absolute atomic E-state index is 12.3.